The number of halogens is 2. The third-order valence-electron chi connectivity index (χ3n) is 5.33. The van der Waals surface area contributed by atoms with Crippen molar-refractivity contribution in [1.29, 1.82) is 0 Å². The molecule has 1 atom stereocenters. The fourth-order valence-corrected chi connectivity index (χ4v) is 4.94. The Hall–Kier alpha value is -2.71. The van der Waals surface area contributed by atoms with Crippen LogP contribution in [0.25, 0.3) is 0 Å². The van der Waals surface area contributed by atoms with E-state index >= 15 is 0 Å². The summed E-state index contributed by atoms with van der Waals surface area (Å²) in [5.41, 5.74) is 1.96. The summed E-state index contributed by atoms with van der Waals surface area (Å²) >= 11 is 1.51. The first-order valence-electron chi connectivity index (χ1n) is 10.3. The number of carbonyl (C=O) groups excluding carboxylic acids is 1. The minimum absolute atomic E-state index is 0.0993. The highest BCUT2D eigenvalue weighted by molar-refractivity contribution is 7.16. The van der Waals surface area contributed by atoms with Crippen LogP contribution in [-0.4, -0.2) is 30.5 Å². The molecular formula is C23H24F2N2O3S. The highest BCUT2D eigenvalue weighted by atomic mass is 32.1. The van der Waals surface area contributed by atoms with E-state index in [1.807, 2.05) is 19.1 Å². The van der Waals surface area contributed by atoms with Crippen LogP contribution in [0.4, 0.5) is 13.8 Å². The van der Waals surface area contributed by atoms with Gasteiger partial charge in [-0.25, -0.2) is 0 Å². The van der Waals surface area contributed by atoms with Gasteiger partial charge in [0.25, 0.3) is 5.91 Å². The number of rotatable bonds is 7. The van der Waals surface area contributed by atoms with Crippen LogP contribution < -0.4 is 10.1 Å². The number of anilines is 1. The highest BCUT2D eigenvalue weighted by Crippen LogP contribution is 2.40. The number of amides is 1. The monoisotopic (exact) mass is 446 g/mol. The van der Waals surface area contributed by atoms with E-state index in [0.717, 1.165) is 46.9 Å². The Kier molecular flexibility index (Phi) is 6.67. The average Bonchev–Trinajstić information content (AvgIpc) is 3.40. The van der Waals surface area contributed by atoms with Crippen molar-refractivity contribution in [2.75, 3.05) is 18.4 Å². The number of ether oxygens (including phenoxy) is 1. The molecule has 0 saturated carbocycles. The summed E-state index contributed by atoms with van der Waals surface area (Å²) in [6, 6.07) is 12.1. The second-order valence-electron chi connectivity index (χ2n) is 7.52. The maximum Gasteiger partial charge on any atom is 0.387 e. The zero-order valence-electron chi connectivity index (χ0n) is 17.1. The SMILES string of the molecule is Cc1cc(C(c2ccc(OC(F)F)cc2)N2CCCCC2)c(NC(=O)c2ccco2)s1. The smallest absolute Gasteiger partial charge is 0.387 e. The number of carbonyl (C=O) groups is 1. The van der Waals surface area contributed by atoms with Gasteiger partial charge in [0.05, 0.1) is 12.3 Å². The van der Waals surface area contributed by atoms with Crippen molar-refractivity contribution in [3.05, 3.63) is 70.5 Å². The number of benzene rings is 1. The molecule has 1 fully saturated rings. The lowest BCUT2D eigenvalue weighted by molar-refractivity contribution is -0.0498. The average molecular weight is 447 g/mol. The van der Waals surface area contributed by atoms with Crippen molar-refractivity contribution < 1.29 is 22.7 Å². The third-order valence-corrected chi connectivity index (χ3v) is 6.31. The Morgan fingerprint density at radius 1 is 1.16 bits per heavy atom. The van der Waals surface area contributed by atoms with Crippen molar-refractivity contribution in [1.82, 2.24) is 4.90 Å². The van der Waals surface area contributed by atoms with Crippen LogP contribution in [0.5, 0.6) is 5.75 Å². The number of likely N-dealkylation sites (tertiary alicyclic amines) is 1. The quantitative estimate of drug-likeness (QED) is 0.478. The lowest BCUT2D eigenvalue weighted by Crippen LogP contribution is -2.34. The van der Waals surface area contributed by atoms with E-state index in [1.54, 1.807) is 24.3 Å². The van der Waals surface area contributed by atoms with Gasteiger partial charge in [-0.3, -0.25) is 9.69 Å². The lowest BCUT2D eigenvalue weighted by Gasteiger charge is -2.35. The number of furan rings is 1. The molecule has 3 heterocycles. The Labute approximate surface area is 183 Å². The van der Waals surface area contributed by atoms with Gasteiger partial charge in [0, 0.05) is 10.4 Å². The molecule has 0 aliphatic carbocycles. The molecule has 8 heteroatoms. The number of nitrogens with one attached hydrogen (secondary N) is 1. The van der Waals surface area contributed by atoms with Crippen LogP contribution in [0.3, 0.4) is 0 Å². The molecule has 3 aromatic rings. The number of hydrogen-bond acceptors (Lipinski definition) is 5. The molecular weight excluding hydrogens is 422 g/mol. The first kappa shape index (κ1) is 21.5. The van der Waals surface area contributed by atoms with Gasteiger partial charge in [-0.2, -0.15) is 8.78 Å². The third kappa shape index (κ3) is 5.14. The molecule has 5 nitrogen and oxygen atoms in total. The van der Waals surface area contributed by atoms with Crippen molar-refractivity contribution in [2.45, 2.75) is 38.8 Å². The predicted molar refractivity (Wildman–Crippen MR) is 116 cm³/mol. The van der Waals surface area contributed by atoms with Gasteiger partial charge in [-0.15, -0.1) is 11.3 Å². The summed E-state index contributed by atoms with van der Waals surface area (Å²) in [5, 5.41) is 3.76. The summed E-state index contributed by atoms with van der Waals surface area (Å²) in [4.78, 5) is 16.1. The van der Waals surface area contributed by atoms with E-state index in [9.17, 15) is 13.6 Å². The molecule has 0 radical (unpaired) electrons. The molecule has 2 aromatic heterocycles. The van der Waals surface area contributed by atoms with E-state index in [4.69, 9.17) is 4.42 Å². The van der Waals surface area contributed by atoms with E-state index in [0.29, 0.717) is 0 Å². The van der Waals surface area contributed by atoms with Gasteiger partial charge in [0.15, 0.2) is 5.76 Å². The zero-order valence-corrected chi connectivity index (χ0v) is 18.0. The molecule has 0 spiro atoms. The molecule has 31 heavy (non-hydrogen) atoms. The number of thiophene rings is 1. The van der Waals surface area contributed by atoms with Crippen molar-refractivity contribution in [3.8, 4) is 5.75 Å². The molecule has 1 unspecified atom stereocenters. The largest absolute Gasteiger partial charge is 0.459 e. The number of nitrogens with zero attached hydrogens (tertiary/aromatic N) is 1. The van der Waals surface area contributed by atoms with Gasteiger partial charge in [-0.05, 0) is 68.8 Å². The summed E-state index contributed by atoms with van der Waals surface area (Å²) in [6.07, 6.45) is 4.85. The molecule has 1 amide bonds. The minimum Gasteiger partial charge on any atom is -0.459 e. The Bertz CT molecular complexity index is 997. The minimum atomic E-state index is -2.85. The van der Waals surface area contributed by atoms with Gasteiger partial charge < -0.3 is 14.5 Å². The first-order chi connectivity index (χ1) is 15.0. The molecule has 1 aliphatic rings. The standard InChI is InChI=1S/C23H24F2N2O3S/c1-15-14-18(22(31-15)26-21(28)19-6-5-13-29-19)20(27-11-3-2-4-12-27)16-7-9-17(10-8-16)30-23(24)25/h5-10,13-14,20,23H,2-4,11-12H2,1H3,(H,26,28). The second kappa shape index (κ2) is 9.62. The normalized spacial score (nSPS) is 15.7. The van der Waals surface area contributed by atoms with E-state index < -0.39 is 6.61 Å². The van der Waals surface area contributed by atoms with E-state index in [1.165, 1.54) is 24.0 Å². The highest BCUT2D eigenvalue weighted by Gasteiger charge is 2.28. The topological polar surface area (TPSA) is 54.7 Å². The van der Waals surface area contributed by atoms with Crippen molar-refractivity contribution in [2.24, 2.45) is 0 Å². The number of alkyl halides is 2. The molecule has 4 rings (SSSR count). The molecule has 0 bridgehead atoms. The van der Waals surface area contributed by atoms with Crippen LogP contribution in [0.1, 0.15) is 51.9 Å². The van der Waals surface area contributed by atoms with Crippen LogP contribution in [-0.2, 0) is 0 Å². The fraction of sp³-hybridized carbons (Fsp3) is 0.348. The van der Waals surface area contributed by atoms with Gasteiger partial charge in [-0.1, -0.05) is 18.6 Å². The maximum atomic E-state index is 12.6. The van der Waals surface area contributed by atoms with Crippen LogP contribution in [0.2, 0.25) is 0 Å². The Balaban J connectivity index is 1.68. The molecule has 1 saturated heterocycles. The van der Waals surface area contributed by atoms with Gasteiger partial charge in [0.2, 0.25) is 0 Å². The van der Waals surface area contributed by atoms with Crippen molar-refractivity contribution in [3.63, 3.8) is 0 Å². The summed E-state index contributed by atoms with van der Waals surface area (Å²) < 4.78 is 34.8. The first-order valence-corrected chi connectivity index (χ1v) is 11.1. The van der Waals surface area contributed by atoms with E-state index in [-0.39, 0.29) is 23.5 Å². The molecule has 1 aliphatic heterocycles. The fourth-order valence-electron chi connectivity index (χ4n) is 4.00. The van der Waals surface area contributed by atoms with Gasteiger partial charge >= 0.3 is 6.61 Å². The summed E-state index contributed by atoms with van der Waals surface area (Å²) in [5.74, 6) is 0.0789. The maximum absolute atomic E-state index is 12.6. The second-order valence-corrected chi connectivity index (χ2v) is 8.78. The summed E-state index contributed by atoms with van der Waals surface area (Å²) in [7, 11) is 0. The Morgan fingerprint density at radius 3 is 2.55 bits per heavy atom. The number of aryl methyl sites for hydroxylation is 1. The summed E-state index contributed by atoms with van der Waals surface area (Å²) in [6.45, 7) is 1.01. The molecule has 164 valence electrons. The number of hydrogen-bond donors (Lipinski definition) is 1. The molecule has 1 aromatic carbocycles. The number of piperidine rings is 1. The zero-order chi connectivity index (χ0) is 21.8. The molecule has 1 N–H and O–H groups in total. The van der Waals surface area contributed by atoms with Crippen molar-refractivity contribution >= 4 is 22.2 Å². The lowest BCUT2D eigenvalue weighted by atomic mass is 9.96. The predicted octanol–water partition coefficient (Wildman–Crippen LogP) is 6.08. The van der Waals surface area contributed by atoms with Crippen LogP contribution in [0.15, 0.2) is 53.1 Å². The van der Waals surface area contributed by atoms with Crippen LogP contribution in [0, 0.1) is 6.92 Å². The van der Waals surface area contributed by atoms with Gasteiger partial charge in [0.1, 0.15) is 10.8 Å². The van der Waals surface area contributed by atoms with E-state index in [2.05, 4.69) is 21.0 Å². The Morgan fingerprint density at radius 2 is 1.90 bits per heavy atom. The van der Waals surface area contributed by atoms with Crippen LogP contribution >= 0.6 is 11.3 Å².